The minimum atomic E-state index is -0.301. The van der Waals surface area contributed by atoms with Gasteiger partial charge in [-0.25, -0.2) is 0 Å². The maximum absolute atomic E-state index is 13.3. The molecular weight excluding hydrogens is 338 g/mol. The molecule has 4 rings (SSSR count). The molecule has 25 heavy (non-hydrogen) atoms. The number of aromatic hydroxyl groups is 1. The van der Waals surface area contributed by atoms with E-state index in [-0.39, 0.29) is 22.1 Å². The van der Waals surface area contributed by atoms with Crippen LogP contribution in [0.3, 0.4) is 0 Å². The fraction of sp³-hybridized carbons (Fsp3) is 0.211. The zero-order valence-corrected chi connectivity index (χ0v) is 14.2. The van der Waals surface area contributed by atoms with Gasteiger partial charge in [0.1, 0.15) is 6.07 Å². The summed E-state index contributed by atoms with van der Waals surface area (Å²) in [4.78, 5) is 17.4. The molecule has 1 N–H and O–H groups in total. The summed E-state index contributed by atoms with van der Waals surface area (Å²) in [5.74, 6) is -0.137. The molecule has 1 aromatic carbocycles. The second kappa shape index (κ2) is 5.61. The van der Waals surface area contributed by atoms with Crippen LogP contribution in [-0.4, -0.2) is 20.4 Å². The molecular formula is C19H14ClN3O2. The molecule has 0 radical (unpaired) electrons. The maximum atomic E-state index is 13.3. The van der Waals surface area contributed by atoms with Gasteiger partial charge in [0, 0.05) is 35.8 Å². The van der Waals surface area contributed by atoms with Crippen LogP contribution in [0.25, 0.3) is 10.9 Å². The maximum Gasteiger partial charge on any atom is 0.195 e. The second-order valence-corrected chi connectivity index (χ2v) is 6.69. The van der Waals surface area contributed by atoms with Crippen molar-refractivity contribution in [2.75, 3.05) is 0 Å². The Balaban J connectivity index is 1.96. The van der Waals surface area contributed by atoms with Gasteiger partial charge in [-0.3, -0.25) is 9.78 Å². The lowest BCUT2D eigenvalue weighted by Gasteiger charge is -2.08. The number of aryl methyl sites for hydroxylation is 1. The van der Waals surface area contributed by atoms with Crippen molar-refractivity contribution in [2.24, 2.45) is 7.05 Å². The van der Waals surface area contributed by atoms with Crippen molar-refractivity contribution in [1.82, 2.24) is 9.55 Å². The number of carbonyl (C=O) groups is 1. The molecule has 0 spiro atoms. The number of hydrogen-bond acceptors (Lipinski definition) is 4. The second-order valence-electron chi connectivity index (χ2n) is 6.28. The molecule has 0 amide bonds. The quantitative estimate of drug-likeness (QED) is 0.725. The van der Waals surface area contributed by atoms with Crippen LogP contribution in [0.5, 0.6) is 5.75 Å². The van der Waals surface area contributed by atoms with Gasteiger partial charge < -0.3 is 9.67 Å². The number of phenols is 1. The van der Waals surface area contributed by atoms with Crippen LogP contribution in [0.15, 0.2) is 30.6 Å². The number of aromatic nitrogens is 2. The summed E-state index contributed by atoms with van der Waals surface area (Å²) in [7, 11) is 1.94. The summed E-state index contributed by atoms with van der Waals surface area (Å²) in [6.07, 6.45) is 5.53. The van der Waals surface area contributed by atoms with Crippen LogP contribution in [0.2, 0.25) is 5.02 Å². The minimum absolute atomic E-state index is 0.00252. The lowest BCUT2D eigenvalue weighted by Crippen LogP contribution is -2.06. The third-order valence-electron chi connectivity index (χ3n) is 4.69. The minimum Gasteiger partial charge on any atom is -0.505 e. The van der Waals surface area contributed by atoms with E-state index in [4.69, 9.17) is 16.9 Å². The third kappa shape index (κ3) is 2.38. The molecule has 1 fully saturated rings. The zero-order chi connectivity index (χ0) is 17.7. The Morgan fingerprint density at radius 3 is 2.88 bits per heavy atom. The fourth-order valence-electron chi connectivity index (χ4n) is 3.33. The molecule has 0 aliphatic heterocycles. The van der Waals surface area contributed by atoms with Gasteiger partial charge in [0.15, 0.2) is 11.5 Å². The van der Waals surface area contributed by atoms with Gasteiger partial charge in [0.05, 0.1) is 27.9 Å². The van der Waals surface area contributed by atoms with Gasteiger partial charge in [-0.15, -0.1) is 0 Å². The van der Waals surface area contributed by atoms with Crippen LogP contribution in [0.1, 0.15) is 45.9 Å². The molecule has 5 nitrogen and oxygen atoms in total. The molecule has 1 aliphatic rings. The van der Waals surface area contributed by atoms with E-state index in [0.29, 0.717) is 17.0 Å². The Labute approximate surface area is 149 Å². The first kappa shape index (κ1) is 15.7. The Morgan fingerprint density at radius 1 is 1.44 bits per heavy atom. The predicted octanol–water partition coefficient (Wildman–Crippen LogP) is 3.91. The van der Waals surface area contributed by atoms with E-state index in [1.807, 2.05) is 23.8 Å². The summed E-state index contributed by atoms with van der Waals surface area (Å²) in [6, 6.07) is 6.51. The van der Waals surface area contributed by atoms with Crippen LogP contribution >= 0.6 is 11.6 Å². The molecule has 124 valence electrons. The van der Waals surface area contributed by atoms with Crippen LogP contribution in [0, 0.1) is 11.3 Å². The van der Waals surface area contributed by atoms with Crippen molar-refractivity contribution < 1.29 is 9.90 Å². The first-order valence-corrected chi connectivity index (χ1v) is 8.30. The number of rotatable bonds is 3. The third-order valence-corrected chi connectivity index (χ3v) is 4.97. The number of halogens is 1. The normalized spacial score (nSPS) is 13.8. The van der Waals surface area contributed by atoms with Crippen molar-refractivity contribution >= 4 is 28.3 Å². The number of ketones is 1. The number of phenolic OH excluding ortho intramolecular Hbond substituents is 1. The average molecular weight is 352 g/mol. The van der Waals surface area contributed by atoms with Gasteiger partial charge in [0.2, 0.25) is 0 Å². The lowest BCUT2D eigenvalue weighted by atomic mass is 9.97. The summed E-state index contributed by atoms with van der Waals surface area (Å²) in [5, 5.41) is 19.8. The summed E-state index contributed by atoms with van der Waals surface area (Å²) < 4.78 is 2.03. The monoisotopic (exact) mass is 351 g/mol. The van der Waals surface area contributed by atoms with Crippen LogP contribution in [0.4, 0.5) is 0 Å². The molecule has 1 aliphatic carbocycles. The zero-order valence-electron chi connectivity index (χ0n) is 13.5. The Morgan fingerprint density at radius 2 is 2.20 bits per heavy atom. The standard InChI is InChI=1S/C19H14ClN3O2/c1-23-15-9-22-5-4-13(15)16(17(23)10-2-3-10)19(25)11-6-12(8-21)18(24)14(20)7-11/h4-7,9-10,24H,2-3H2,1H3. The van der Waals surface area contributed by atoms with E-state index in [1.54, 1.807) is 12.4 Å². The first-order chi connectivity index (χ1) is 12.0. The molecule has 2 heterocycles. The lowest BCUT2D eigenvalue weighted by molar-refractivity contribution is 0.103. The number of benzene rings is 1. The van der Waals surface area contributed by atoms with Gasteiger partial charge in [-0.1, -0.05) is 11.6 Å². The average Bonchev–Trinajstić information content (AvgIpc) is 3.41. The van der Waals surface area contributed by atoms with Crippen molar-refractivity contribution in [2.45, 2.75) is 18.8 Å². The van der Waals surface area contributed by atoms with Crippen LogP contribution in [-0.2, 0) is 7.05 Å². The van der Waals surface area contributed by atoms with E-state index in [0.717, 1.165) is 29.4 Å². The van der Waals surface area contributed by atoms with Gasteiger partial charge in [-0.05, 0) is 31.0 Å². The SMILES string of the molecule is Cn1c(C2CC2)c(C(=O)c2cc(Cl)c(O)c(C#N)c2)c2ccncc21. The van der Waals surface area contributed by atoms with E-state index < -0.39 is 0 Å². The Hall–Kier alpha value is -2.84. The molecule has 1 saturated carbocycles. The van der Waals surface area contributed by atoms with Crippen LogP contribution < -0.4 is 0 Å². The van der Waals surface area contributed by atoms with E-state index in [9.17, 15) is 9.90 Å². The Bertz CT molecular complexity index is 1070. The van der Waals surface area contributed by atoms with Crippen molar-refractivity contribution in [3.8, 4) is 11.8 Å². The van der Waals surface area contributed by atoms with Gasteiger partial charge >= 0.3 is 0 Å². The summed E-state index contributed by atoms with van der Waals surface area (Å²) >= 11 is 6.00. The fourth-order valence-corrected chi connectivity index (χ4v) is 3.55. The molecule has 0 saturated heterocycles. The van der Waals surface area contributed by atoms with Gasteiger partial charge in [0.25, 0.3) is 0 Å². The number of carbonyl (C=O) groups excluding carboxylic acids is 1. The molecule has 0 atom stereocenters. The first-order valence-electron chi connectivity index (χ1n) is 7.92. The summed E-state index contributed by atoms with van der Waals surface area (Å²) in [5.41, 5.74) is 2.82. The van der Waals surface area contributed by atoms with Crippen molar-refractivity contribution in [3.63, 3.8) is 0 Å². The highest BCUT2D eigenvalue weighted by molar-refractivity contribution is 6.33. The van der Waals surface area contributed by atoms with Crippen molar-refractivity contribution in [3.05, 3.63) is 58.0 Å². The van der Waals surface area contributed by atoms with Crippen molar-refractivity contribution in [1.29, 1.82) is 5.26 Å². The summed E-state index contributed by atoms with van der Waals surface area (Å²) in [6.45, 7) is 0. The van der Waals surface area contributed by atoms with E-state index in [2.05, 4.69) is 4.98 Å². The van der Waals surface area contributed by atoms with E-state index >= 15 is 0 Å². The molecule has 3 aromatic rings. The number of nitriles is 1. The highest BCUT2D eigenvalue weighted by Gasteiger charge is 2.33. The predicted molar refractivity (Wildman–Crippen MR) is 94.0 cm³/mol. The molecule has 6 heteroatoms. The largest absolute Gasteiger partial charge is 0.505 e. The molecule has 2 aromatic heterocycles. The number of hydrogen-bond donors (Lipinski definition) is 1. The van der Waals surface area contributed by atoms with E-state index in [1.165, 1.54) is 12.1 Å². The Kier molecular flexibility index (Phi) is 3.52. The molecule has 0 bridgehead atoms. The highest BCUT2D eigenvalue weighted by atomic mass is 35.5. The number of pyridine rings is 1. The highest BCUT2D eigenvalue weighted by Crippen LogP contribution is 2.45. The smallest absolute Gasteiger partial charge is 0.195 e. The number of nitrogens with zero attached hydrogens (tertiary/aromatic N) is 3. The molecule has 0 unspecified atom stereocenters. The van der Waals surface area contributed by atoms with Gasteiger partial charge in [-0.2, -0.15) is 5.26 Å². The topological polar surface area (TPSA) is 78.9 Å². The number of fused-ring (bicyclic) bond motifs is 1.